The fourth-order valence-electron chi connectivity index (χ4n) is 7.11. The summed E-state index contributed by atoms with van der Waals surface area (Å²) in [7, 11) is -7.19. The second-order valence-electron chi connectivity index (χ2n) is 12.8. The summed E-state index contributed by atoms with van der Waals surface area (Å²) in [6.07, 6.45) is 17.7. The molecule has 0 bridgehead atoms. The molecule has 1 aliphatic carbocycles. The minimum atomic E-state index is -3.60. The molecule has 0 atom stereocenters. The first kappa shape index (κ1) is 41.7. The summed E-state index contributed by atoms with van der Waals surface area (Å²) in [6, 6.07) is 13.0. The van der Waals surface area contributed by atoms with Gasteiger partial charge in [0.25, 0.3) is 0 Å². The molecule has 0 amide bonds. The average Bonchev–Trinajstić information content (AvgIpc) is 3.13. The van der Waals surface area contributed by atoms with E-state index in [0.29, 0.717) is 36.0 Å². The lowest BCUT2D eigenvalue weighted by Gasteiger charge is -2.28. The highest BCUT2D eigenvalue weighted by Crippen LogP contribution is 2.37. The standard InChI is InChI=1S/C41H53N4O4S2.HI/c1-8-42-27-25-34(38-29-36(21-23-40(38)42)50(46,47)44(10-3)11-4)19-17-32-15-14-16-33(31(32)7)18-20-35-26-28-43(9-2)41-24-22-37(30-39(35)41)51(48,49)45(12-5)13-6;/h17-30H,8-16H2,1-7H3;1H/q+1;/p-1. The Labute approximate surface area is 329 Å². The largest absolute Gasteiger partial charge is 1.00 e. The molecule has 1 aromatic heterocycles. The van der Waals surface area contributed by atoms with Gasteiger partial charge in [0, 0.05) is 62.3 Å². The molecular formula is C41H53IN4O4S2. The van der Waals surface area contributed by atoms with Crippen LogP contribution in [0.25, 0.3) is 22.6 Å². The predicted molar refractivity (Wildman–Crippen MR) is 210 cm³/mol. The highest BCUT2D eigenvalue weighted by Gasteiger charge is 2.26. The number of hydrogen-bond donors (Lipinski definition) is 0. The molecule has 0 saturated heterocycles. The van der Waals surface area contributed by atoms with E-state index in [1.165, 1.54) is 25.3 Å². The smallest absolute Gasteiger partial charge is 0.243 e. The van der Waals surface area contributed by atoms with Crippen LogP contribution in [0.5, 0.6) is 0 Å². The Balaban J connectivity index is 0.00000605. The lowest BCUT2D eigenvalue weighted by atomic mass is 9.87. The van der Waals surface area contributed by atoms with Crippen molar-refractivity contribution in [1.82, 2.24) is 8.61 Å². The number of halogens is 1. The molecule has 280 valence electrons. The number of pyridine rings is 1. The van der Waals surface area contributed by atoms with E-state index in [0.717, 1.165) is 65.6 Å². The van der Waals surface area contributed by atoms with Crippen LogP contribution in [-0.4, -0.2) is 58.2 Å². The maximum Gasteiger partial charge on any atom is 0.243 e. The molecule has 11 heteroatoms. The van der Waals surface area contributed by atoms with Gasteiger partial charge in [0.1, 0.15) is 6.54 Å². The number of allylic oxidation sites excluding steroid dienone is 8. The average molecular weight is 857 g/mol. The van der Waals surface area contributed by atoms with Crippen LogP contribution in [0.15, 0.2) is 106 Å². The first-order valence-electron chi connectivity index (χ1n) is 18.3. The van der Waals surface area contributed by atoms with Gasteiger partial charge in [-0.3, -0.25) is 0 Å². The van der Waals surface area contributed by atoms with Gasteiger partial charge in [0.15, 0.2) is 6.20 Å². The summed E-state index contributed by atoms with van der Waals surface area (Å²) in [5, 5.41) is 0.907. The van der Waals surface area contributed by atoms with Crippen LogP contribution in [0.2, 0.25) is 0 Å². The van der Waals surface area contributed by atoms with Crippen LogP contribution < -0.4 is 33.4 Å². The van der Waals surface area contributed by atoms with E-state index in [1.54, 1.807) is 12.1 Å². The van der Waals surface area contributed by atoms with Crippen molar-refractivity contribution in [2.45, 2.75) is 84.1 Å². The molecule has 0 N–H and O–H groups in total. The van der Waals surface area contributed by atoms with Gasteiger partial charge >= 0.3 is 0 Å². The Morgan fingerprint density at radius 1 is 0.788 bits per heavy atom. The summed E-state index contributed by atoms with van der Waals surface area (Å²) in [5.74, 6) is 0. The van der Waals surface area contributed by atoms with Crippen molar-refractivity contribution in [3.8, 4) is 0 Å². The van der Waals surface area contributed by atoms with Crippen LogP contribution >= 0.6 is 0 Å². The van der Waals surface area contributed by atoms with Gasteiger partial charge in [0.05, 0.1) is 15.2 Å². The fraction of sp³-hybridized carbons (Fsp3) is 0.390. The van der Waals surface area contributed by atoms with Gasteiger partial charge in [0.2, 0.25) is 25.6 Å². The van der Waals surface area contributed by atoms with E-state index in [1.807, 2.05) is 52.0 Å². The lowest BCUT2D eigenvalue weighted by Crippen LogP contribution is -3.00. The zero-order valence-electron chi connectivity index (χ0n) is 31.6. The molecule has 0 unspecified atom stereocenters. The third-order valence-corrected chi connectivity index (χ3v) is 14.3. The van der Waals surface area contributed by atoms with E-state index >= 15 is 0 Å². The van der Waals surface area contributed by atoms with E-state index in [2.05, 4.69) is 79.1 Å². The maximum atomic E-state index is 13.4. The number of nitrogens with zero attached hydrogens (tertiary/aromatic N) is 4. The molecule has 5 rings (SSSR count). The molecule has 0 fully saturated rings. The van der Waals surface area contributed by atoms with Crippen LogP contribution in [0, 0.1) is 0 Å². The second kappa shape index (κ2) is 17.8. The minimum absolute atomic E-state index is 0. The number of aryl methyl sites for hydroxylation is 1. The Hall–Kier alpha value is -3.10. The van der Waals surface area contributed by atoms with E-state index in [9.17, 15) is 16.8 Å². The normalized spacial score (nSPS) is 16.9. The summed E-state index contributed by atoms with van der Waals surface area (Å²) in [6.45, 7) is 17.0. The third-order valence-electron chi connectivity index (χ3n) is 10.2. The van der Waals surface area contributed by atoms with Gasteiger partial charge in [-0.1, -0.05) is 52.0 Å². The molecule has 2 heterocycles. The monoisotopic (exact) mass is 856 g/mol. The highest BCUT2D eigenvalue weighted by atomic mass is 127. The van der Waals surface area contributed by atoms with Crippen molar-refractivity contribution in [2.75, 3.05) is 37.6 Å². The zero-order chi connectivity index (χ0) is 36.9. The number of sulfonamides is 2. The van der Waals surface area contributed by atoms with Crippen LogP contribution in [0.4, 0.5) is 5.69 Å². The topological polar surface area (TPSA) is 81.9 Å². The number of hydrogen-bond acceptors (Lipinski definition) is 5. The van der Waals surface area contributed by atoms with Gasteiger partial charge in [-0.2, -0.15) is 13.2 Å². The molecule has 2 aromatic carbocycles. The van der Waals surface area contributed by atoms with Crippen molar-refractivity contribution >= 4 is 48.3 Å². The van der Waals surface area contributed by atoms with Crippen molar-refractivity contribution in [1.29, 1.82) is 0 Å². The van der Waals surface area contributed by atoms with Crippen LogP contribution in [-0.2, 0) is 26.6 Å². The number of benzene rings is 2. The summed E-state index contributed by atoms with van der Waals surface area (Å²) >= 11 is 0. The van der Waals surface area contributed by atoms with Gasteiger partial charge in [-0.25, -0.2) is 16.8 Å². The number of fused-ring (bicyclic) bond motifs is 2. The van der Waals surface area contributed by atoms with Crippen molar-refractivity contribution in [3.05, 3.63) is 107 Å². The first-order chi connectivity index (χ1) is 24.4. The fourth-order valence-corrected chi connectivity index (χ4v) is 10.1. The van der Waals surface area contributed by atoms with Crippen molar-refractivity contribution < 1.29 is 45.4 Å². The zero-order valence-corrected chi connectivity index (χ0v) is 35.4. The number of rotatable bonds is 13. The molecule has 0 radical (unpaired) electrons. The van der Waals surface area contributed by atoms with E-state index < -0.39 is 20.0 Å². The van der Waals surface area contributed by atoms with Crippen LogP contribution in [0.1, 0.15) is 78.9 Å². The first-order valence-corrected chi connectivity index (χ1v) is 21.2. The Morgan fingerprint density at radius 3 is 2.04 bits per heavy atom. The molecule has 8 nitrogen and oxygen atoms in total. The SMILES string of the molecule is CCN1C=C/C(=C\C=C2/CCCC(/C=C/c3cc[n+](CC)c4ccc(S(=O)(=O)N(CC)CC)cc34)=C2C)c2cc(S(=O)(=O)N(CC)CC)ccc21.[I-]. The molecule has 0 spiro atoms. The van der Waals surface area contributed by atoms with Gasteiger partial charge in [-0.15, -0.1) is 0 Å². The number of anilines is 1. The molecular weight excluding hydrogens is 804 g/mol. The van der Waals surface area contributed by atoms with Crippen molar-refractivity contribution in [3.63, 3.8) is 0 Å². The van der Waals surface area contributed by atoms with Crippen LogP contribution in [0.3, 0.4) is 0 Å². The summed E-state index contributed by atoms with van der Waals surface area (Å²) in [4.78, 5) is 2.76. The maximum absolute atomic E-state index is 13.4. The molecule has 0 saturated carbocycles. The predicted octanol–water partition coefficient (Wildman–Crippen LogP) is 5.09. The highest BCUT2D eigenvalue weighted by molar-refractivity contribution is 7.89. The molecule has 1 aliphatic heterocycles. The Bertz CT molecular complexity index is 2160. The van der Waals surface area contributed by atoms with Gasteiger partial charge < -0.3 is 28.9 Å². The Morgan fingerprint density at radius 2 is 1.42 bits per heavy atom. The second-order valence-corrected chi connectivity index (χ2v) is 16.7. The quantitative estimate of drug-likeness (QED) is 0.177. The van der Waals surface area contributed by atoms with E-state index in [4.69, 9.17) is 0 Å². The lowest BCUT2D eigenvalue weighted by molar-refractivity contribution is -0.667. The van der Waals surface area contributed by atoms with E-state index in [-0.39, 0.29) is 24.0 Å². The summed E-state index contributed by atoms with van der Waals surface area (Å²) in [5.41, 5.74) is 8.59. The molecule has 3 aromatic rings. The molecule has 2 aliphatic rings. The summed E-state index contributed by atoms with van der Waals surface area (Å²) < 4.78 is 58.8. The molecule has 52 heavy (non-hydrogen) atoms. The third kappa shape index (κ3) is 8.33. The number of aromatic nitrogens is 1. The Kier molecular flexibility index (Phi) is 14.3. The van der Waals surface area contributed by atoms with Gasteiger partial charge in [-0.05, 0) is 104 Å². The minimum Gasteiger partial charge on any atom is -1.00 e. The van der Waals surface area contributed by atoms with Crippen molar-refractivity contribution in [2.24, 2.45) is 0 Å².